The van der Waals surface area contributed by atoms with Gasteiger partial charge in [0.2, 0.25) is 5.91 Å². The van der Waals surface area contributed by atoms with Gasteiger partial charge in [0.15, 0.2) is 0 Å². The molecule has 3 rings (SSSR count). The number of aryl methyl sites for hydroxylation is 1. The molecule has 2 aromatic rings. The van der Waals surface area contributed by atoms with Gasteiger partial charge in [0.1, 0.15) is 17.5 Å². The zero-order chi connectivity index (χ0) is 22.4. The van der Waals surface area contributed by atoms with E-state index in [9.17, 15) is 9.18 Å². The highest BCUT2D eigenvalue weighted by Gasteiger charge is 2.27. The first-order valence-corrected chi connectivity index (χ1v) is 11.0. The molecule has 1 aliphatic heterocycles. The molecule has 0 spiro atoms. The van der Waals surface area contributed by atoms with Crippen molar-refractivity contribution in [1.82, 2.24) is 19.8 Å². The highest BCUT2D eigenvalue weighted by atomic mass is 19.1. The molecule has 0 saturated carbocycles. The number of piperidine rings is 1. The fourth-order valence-electron chi connectivity index (χ4n) is 3.99. The smallest absolute Gasteiger partial charge is 0.222 e. The maximum atomic E-state index is 13.0. The molecule has 7 heteroatoms. The number of rotatable bonds is 8. The third kappa shape index (κ3) is 6.72. The van der Waals surface area contributed by atoms with Crippen molar-refractivity contribution in [3.8, 4) is 0 Å². The normalized spacial score (nSPS) is 16.6. The van der Waals surface area contributed by atoms with Crippen LogP contribution in [0.2, 0.25) is 0 Å². The molecule has 1 amide bonds. The first-order valence-electron chi connectivity index (χ1n) is 11.0. The summed E-state index contributed by atoms with van der Waals surface area (Å²) in [6, 6.07) is 8.55. The van der Waals surface area contributed by atoms with Crippen LogP contribution in [0.1, 0.15) is 48.7 Å². The highest BCUT2D eigenvalue weighted by Crippen LogP contribution is 2.27. The van der Waals surface area contributed by atoms with Crippen molar-refractivity contribution >= 4 is 11.7 Å². The Hall–Kier alpha value is -2.54. The number of anilines is 1. The lowest BCUT2D eigenvalue weighted by Crippen LogP contribution is -2.39. The fraction of sp³-hybridized carbons (Fsp3) is 0.542. The molecule has 0 N–H and O–H groups in total. The summed E-state index contributed by atoms with van der Waals surface area (Å²) in [5.74, 6) is 1.87. The number of aromatic nitrogens is 2. The summed E-state index contributed by atoms with van der Waals surface area (Å²) in [7, 11) is 8.04. The Balaban J connectivity index is 1.62. The Morgan fingerprint density at radius 1 is 1.16 bits per heavy atom. The van der Waals surface area contributed by atoms with Crippen LogP contribution in [0.4, 0.5) is 10.2 Å². The summed E-state index contributed by atoms with van der Waals surface area (Å²) >= 11 is 0. The standard InChI is InChI=1S/C24H34FN5O/c1-28(2)17-21-15-22(29(3)4)27-24(26-21)19-8-6-14-30(16-19)23(31)9-5-7-18-10-12-20(25)13-11-18/h10-13,15,19H,5-9,14,16-17H2,1-4H3/t19-/m1/s1. The van der Waals surface area contributed by atoms with Crippen LogP contribution < -0.4 is 4.90 Å². The number of likely N-dealkylation sites (tertiary alicyclic amines) is 1. The molecule has 2 heterocycles. The van der Waals surface area contributed by atoms with Crippen LogP contribution in [0, 0.1) is 5.82 Å². The average molecular weight is 428 g/mol. The minimum absolute atomic E-state index is 0.163. The van der Waals surface area contributed by atoms with Gasteiger partial charge in [-0.15, -0.1) is 0 Å². The van der Waals surface area contributed by atoms with Crippen LogP contribution in [0.3, 0.4) is 0 Å². The van der Waals surface area contributed by atoms with Crippen molar-refractivity contribution < 1.29 is 9.18 Å². The van der Waals surface area contributed by atoms with E-state index < -0.39 is 0 Å². The summed E-state index contributed by atoms with van der Waals surface area (Å²) in [5, 5.41) is 0. The number of carbonyl (C=O) groups is 1. The van der Waals surface area contributed by atoms with Gasteiger partial charge in [0, 0.05) is 52.1 Å². The zero-order valence-corrected chi connectivity index (χ0v) is 19.1. The molecule has 0 radical (unpaired) electrons. The van der Waals surface area contributed by atoms with Gasteiger partial charge < -0.3 is 14.7 Å². The first kappa shape index (κ1) is 23.1. The molecule has 1 atom stereocenters. The molecule has 1 aromatic carbocycles. The molecule has 0 aliphatic carbocycles. The lowest BCUT2D eigenvalue weighted by molar-refractivity contribution is -0.132. The van der Waals surface area contributed by atoms with E-state index in [4.69, 9.17) is 9.97 Å². The predicted octanol–water partition coefficient (Wildman–Crippen LogP) is 3.47. The number of nitrogens with zero attached hydrogens (tertiary/aromatic N) is 5. The Labute approximate surface area is 185 Å². The molecule has 1 aliphatic rings. The molecule has 1 fully saturated rings. The second kappa shape index (κ2) is 10.7. The molecule has 168 valence electrons. The summed E-state index contributed by atoms with van der Waals surface area (Å²) in [6.07, 6.45) is 4.02. The molecule has 6 nitrogen and oxygen atoms in total. The van der Waals surface area contributed by atoms with Gasteiger partial charge >= 0.3 is 0 Å². The zero-order valence-electron chi connectivity index (χ0n) is 19.1. The van der Waals surface area contributed by atoms with Crippen molar-refractivity contribution in [3.05, 3.63) is 53.2 Å². The van der Waals surface area contributed by atoms with Crippen molar-refractivity contribution in [3.63, 3.8) is 0 Å². The first-order chi connectivity index (χ1) is 14.8. The monoisotopic (exact) mass is 427 g/mol. The van der Waals surface area contributed by atoms with Crippen LogP contribution in [-0.2, 0) is 17.8 Å². The number of halogens is 1. The fourth-order valence-corrected chi connectivity index (χ4v) is 3.99. The molecule has 31 heavy (non-hydrogen) atoms. The Morgan fingerprint density at radius 3 is 2.58 bits per heavy atom. The molecule has 1 saturated heterocycles. The summed E-state index contributed by atoms with van der Waals surface area (Å²) < 4.78 is 13.0. The van der Waals surface area contributed by atoms with E-state index in [0.29, 0.717) is 13.0 Å². The maximum Gasteiger partial charge on any atom is 0.222 e. The van der Waals surface area contributed by atoms with Gasteiger partial charge in [-0.05, 0) is 57.5 Å². The number of benzene rings is 1. The van der Waals surface area contributed by atoms with E-state index in [1.807, 2.05) is 44.1 Å². The second-order valence-electron chi connectivity index (χ2n) is 8.87. The van der Waals surface area contributed by atoms with E-state index in [0.717, 1.165) is 61.7 Å². The van der Waals surface area contributed by atoms with Gasteiger partial charge in [0.25, 0.3) is 0 Å². The topological polar surface area (TPSA) is 52.6 Å². The number of amides is 1. The predicted molar refractivity (Wildman–Crippen MR) is 122 cm³/mol. The molecule has 0 bridgehead atoms. The van der Waals surface area contributed by atoms with Gasteiger partial charge in [-0.1, -0.05) is 12.1 Å². The second-order valence-corrected chi connectivity index (χ2v) is 8.87. The SMILES string of the molecule is CN(C)Cc1cc(N(C)C)nc([C@@H]2CCCN(C(=O)CCCc3ccc(F)cc3)C2)n1. The van der Waals surface area contributed by atoms with E-state index in [-0.39, 0.29) is 17.6 Å². The van der Waals surface area contributed by atoms with Crippen molar-refractivity contribution in [2.75, 3.05) is 46.2 Å². The summed E-state index contributed by atoms with van der Waals surface area (Å²) in [6.45, 7) is 2.23. The molecule has 1 aromatic heterocycles. The molecular weight excluding hydrogens is 393 g/mol. The van der Waals surface area contributed by atoms with Gasteiger partial charge in [-0.3, -0.25) is 4.79 Å². The van der Waals surface area contributed by atoms with E-state index >= 15 is 0 Å². The Bertz CT molecular complexity index is 869. The van der Waals surface area contributed by atoms with Crippen LogP contribution >= 0.6 is 0 Å². The lowest BCUT2D eigenvalue weighted by atomic mass is 9.96. The van der Waals surface area contributed by atoms with Gasteiger partial charge in [0.05, 0.1) is 5.69 Å². The molecular formula is C24H34FN5O. The minimum Gasteiger partial charge on any atom is -0.363 e. The van der Waals surface area contributed by atoms with Gasteiger partial charge in [-0.25, -0.2) is 14.4 Å². The summed E-state index contributed by atoms with van der Waals surface area (Å²) in [4.78, 5) is 28.5. The van der Waals surface area contributed by atoms with E-state index in [1.54, 1.807) is 12.1 Å². The van der Waals surface area contributed by atoms with Crippen LogP contribution in [-0.4, -0.2) is 67.0 Å². The Morgan fingerprint density at radius 2 is 1.90 bits per heavy atom. The number of hydrogen-bond donors (Lipinski definition) is 0. The maximum absolute atomic E-state index is 13.0. The quantitative estimate of drug-likeness (QED) is 0.646. The van der Waals surface area contributed by atoms with Crippen LogP contribution in [0.5, 0.6) is 0 Å². The van der Waals surface area contributed by atoms with Crippen molar-refractivity contribution in [1.29, 1.82) is 0 Å². The van der Waals surface area contributed by atoms with E-state index in [1.165, 1.54) is 12.1 Å². The van der Waals surface area contributed by atoms with E-state index in [2.05, 4.69) is 4.90 Å². The largest absolute Gasteiger partial charge is 0.363 e. The molecule has 0 unspecified atom stereocenters. The third-order valence-corrected chi connectivity index (χ3v) is 5.63. The summed E-state index contributed by atoms with van der Waals surface area (Å²) in [5.41, 5.74) is 2.06. The van der Waals surface area contributed by atoms with Crippen LogP contribution in [0.15, 0.2) is 30.3 Å². The lowest BCUT2D eigenvalue weighted by Gasteiger charge is -2.32. The minimum atomic E-state index is -0.228. The average Bonchev–Trinajstić information content (AvgIpc) is 2.74. The number of hydrogen-bond acceptors (Lipinski definition) is 5. The third-order valence-electron chi connectivity index (χ3n) is 5.63. The van der Waals surface area contributed by atoms with Crippen molar-refractivity contribution in [2.45, 2.75) is 44.6 Å². The van der Waals surface area contributed by atoms with Crippen molar-refractivity contribution in [2.24, 2.45) is 0 Å². The van der Waals surface area contributed by atoms with Gasteiger partial charge in [-0.2, -0.15) is 0 Å². The Kier molecular flexibility index (Phi) is 7.96. The highest BCUT2D eigenvalue weighted by molar-refractivity contribution is 5.76. The number of carbonyl (C=O) groups excluding carboxylic acids is 1. The van der Waals surface area contributed by atoms with Crippen LogP contribution in [0.25, 0.3) is 0 Å².